The Morgan fingerprint density at radius 2 is 1.93 bits per heavy atom. The Hall–Kier alpha value is -1.51. The van der Waals surface area contributed by atoms with Crippen molar-refractivity contribution in [2.24, 2.45) is 5.92 Å². The van der Waals surface area contributed by atoms with E-state index in [0.717, 1.165) is 0 Å². The van der Waals surface area contributed by atoms with E-state index < -0.39 is 21.6 Å². The summed E-state index contributed by atoms with van der Waals surface area (Å²) in [5.74, 6) is -0.0468. The molecule has 8 heteroatoms. The third-order valence-electron chi connectivity index (χ3n) is 5.32. The Morgan fingerprint density at radius 1 is 1.26 bits per heavy atom. The molecule has 2 fully saturated rings. The molecule has 0 saturated carbocycles. The summed E-state index contributed by atoms with van der Waals surface area (Å²) < 4.78 is 47.2. The number of hydrogen-bond acceptors (Lipinski definition) is 4. The molecule has 6 nitrogen and oxygen atoms in total. The van der Waals surface area contributed by atoms with Crippen molar-refractivity contribution in [1.29, 1.82) is 0 Å². The van der Waals surface area contributed by atoms with Gasteiger partial charge in [0.05, 0.1) is 11.5 Å². The van der Waals surface area contributed by atoms with Gasteiger partial charge in [0.2, 0.25) is 15.9 Å². The Balaban J connectivity index is 1.79. The molecule has 1 spiro atoms. The summed E-state index contributed by atoms with van der Waals surface area (Å²) >= 11 is 0. The standard InChI is InChI=1S/C19H27FN2O4S/c1-14(2)12-18(23)21-8-6-19(7-9-21)22(10-11-26-19)27(24,25)16-4-5-17(20)15(3)13-16/h4-5,13-14H,6-12H2,1-3H3. The number of amides is 1. The lowest BCUT2D eigenvalue weighted by Gasteiger charge is -2.43. The average Bonchev–Trinajstić information content (AvgIpc) is 3.01. The summed E-state index contributed by atoms with van der Waals surface area (Å²) in [7, 11) is -3.80. The molecule has 0 N–H and O–H groups in total. The monoisotopic (exact) mass is 398 g/mol. The molecule has 0 aliphatic carbocycles. The number of benzene rings is 1. The van der Waals surface area contributed by atoms with Gasteiger partial charge in [-0.25, -0.2) is 12.8 Å². The van der Waals surface area contributed by atoms with Crippen LogP contribution in [-0.2, 0) is 19.6 Å². The molecule has 1 aromatic rings. The molecule has 150 valence electrons. The van der Waals surface area contributed by atoms with Crippen LogP contribution in [0, 0.1) is 18.7 Å². The Bertz CT molecular complexity index is 817. The fourth-order valence-corrected chi connectivity index (χ4v) is 5.62. The second-order valence-electron chi connectivity index (χ2n) is 7.76. The molecule has 0 atom stereocenters. The molecule has 2 saturated heterocycles. The second-order valence-corrected chi connectivity index (χ2v) is 9.62. The molecule has 2 aliphatic rings. The number of carbonyl (C=O) groups excluding carboxylic acids is 1. The third kappa shape index (κ3) is 3.88. The van der Waals surface area contributed by atoms with Crippen LogP contribution >= 0.6 is 0 Å². The molecule has 1 amide bonds. The minimum Gasteiger partial charge on any atom is -0.358 e. The molecule has 0 unspecified atom stereocenters. The summed E-state index contributed by atoms with van der Waals surface area (Å²) in [5.41, 5.74) is -0.630. The van der Waals surface area contributed by atoms with Crippen LogP contribution < -0.4 is 0 Å². The van der Waals surface area contributed by atoms with E-state index in [2.05, 4.69) is 0 Å². The molecule has 2 aliphatic heterocycles. The van der Waals surface area contributed by atoms with Crippen LogP contribution in [-0.4, -0.2) is 55.5 Å². The first-order valence-electron chi connectivity index (χ1n) is 9.36. The van der Waals surface area contributed by atoms with E-state index in [1.807, 2.05) is 13.8 Å². The van der Waals surface area contributed by atoms with Crippen molar-refractivity contribution in [2.45, 2.75) is 50.7 Å². The predicted octanol–water partition coefficient (Wildman–Crippen LogP) is 2.52. The molecule has 0 bridgehead atoms. The van der Waals surface area contributed by atoms with Crippen LogP contribution in [0.4, 0.5) is 4.39 Å². The number of halogens is 1. The maximum Gasteiger partial charge on any atom is 0.245 e. The number of sulfonamides is 1. The van der Waals surface area contributed by atoms with Crippen LogP contribution in [0.5, 0.6) is 0 Å². The van der Waals surface area contributed by atoms with Gasteiger partial charge in [-0.3, -0.25) is 4.79 Å². The van der Waals surface area contributed by atoms with Gasteiger partial charge in [0.1, 0.15) is 11.5 Å². The summed E-state index contributed by atoms with van der Waals surface area (Å²) in [5, 5.41) is 0. The molecule has 1 aromatic carbocycles. The molecule has 0 radical (unpaired) electrons. The number of likely N-dealkylation sites (tertiary alicyclic amines) is 1. The number of piperidine rings is 1. The maximum absolute atomic E-state index is 13.6. The van der Waals surface area contributed by atoms with Gasteiger partial charge < -0.3 is 9.64 Å². The number of ether oxygens (including phenoxy) is 1. The molecular weight excluding hydrogens is 371 g/mol. The van der Waals surface area contributed by atoms with Crippen LogP contribution in [0.2, 0.25) is 0 Å². The van der Waals surface area contributed by atoms with Crippen molar-refractivity contribution in [2.75, 3.05) is 26.2 Å². The maximum atomic E-state index is 13.6. The van der Waals surface area contributed by atoms with Gasteiger partial charge in [-0.1, -0.05) is 13.8 Å². The number of aryl methyl sites for hydroxylation is 1. The third-order valence-corrected chi connectivity index (χ3v) is 7.26. The Morgan fingerprint density at radius 3 is 2.52 bits per heavy atom. The topological polar surface area (TPSA) is 66.9 Å². The van der Waals surface area contributed by atoms with E-state index in [1.54, 1.807) is 11.8 Å². The van der Waals surface area contributed by atoms with Crippen molar-refractivity contribution in [3.63, 3.8) is 0 Å². The molecular formula is C19H27FN2O4S. The SMILES string of the molecule is Cc1cc(S(=O)(=O)N2CCOC23CCN(C(=O)CC(C)C)CC3)ccc1F. The lowest BCUT2D eigenvalue weighted by Crippen LogP contribution is -2.55. The molecule has 27 heavy (non-hydrogen) atoms. The van der Waals surface area contributed by atoms with Crippen LogP contribution in [0.15, 0.2) is 23.1 Å². The first-order chi connectivity index (χ1) is 12.7. The van der Waals surface area contributed by atoms with Crippen molar-refractivity contribution in [1.82, 2.24) is 9.21 Å². The van der Waals surface area contributed by atoms with Gasteiger partial charge in [-0.05, 0) is 36.6 Å². The number of rotatable bonds is 4. The molecule has 3 rings (SSSR count). The first-order valence-corrected chi connectivity index (χ1v) is 10.8. The van der Waals surface area contributed by atoms with Gasteiger partial charge in [0, 0.05) is 38.9 Å². The highest BCUT2D eigenvalue weighted by atomic mass is 32.2. The minimum absolute atomic E-state index is 0.0737. The fourth-order valence-electron chi connectivity index (χ4n) is 3.82. The molecule has 0 aromatic heterocycles. The molecule has 2 heterocycles. The van der Waals surface area contributed by atoms with Crippen LogP contribution in [0.3, 0.4) is 0 Å². The van der Waals surface area contributed by atoms with Crippen LogP contribution in [0.25, 0.3) is 0 Å². The average molecular weight is 399 g/mol. The van der Waals surface area contributed by atoms with Gasteiger partial charge in [-0.15, -0.1) is 0 Å². The van der Waals surface area contributed by atoms with E-state index in [-0.39, 0.29) is 23.3 Å². The number of hydrogen-bond donors (Lipinski definition) is 0. The highest BCUT2D eigenvalue weighted by molar-refractivity contribution is 7.89. The largest absolute Gasteiger partial charge is 0.358 e. The smallest absolute Gasteiger partial charge is 0.245 e. The number of nitrogens with zero attached hydrogens (tertiary/aromatic N) is 2. The lowest BCUT2D eigenvalue weighted by atomic mass is 9.99. The lowest BCUT2D eigenvalue weighted by molar-refractivity contribution is -0.140. The zero-order valence-electron chi connectivity index (χ0n) is 16.1. The van der Waals surface area contributed by atoms with Gasteiger partial charge >= 0.3 is 0 Å². The van der Waals surface area contributed by atoms with Gasteiger partial charge in [0.15, 0.2) is 0 Å². The van der Waals surface area contributed by atoms with E-state index in [9.17, 15) is 17.6 Å². The highest BCUT2D eigenvalue weighted by Gasteiger charge is 2.50. The van der Waals surface area contributed by atoms with E-state index in [0.29, 0.717) is 44.5 Å². The van der Waals surface area contributed by atoms with Crippen LogP contribution in [0.1, 0.15) is 38.7 Å². The van der Waals surface area contributed by atoms with E-state index in [4.69, 9.17) is 4.74 Å². The normalized spacial score (nSPS) is 20.6. The fraction of sp³-hybridized carbons (Fsp3) is 0.632. The highest BCUT2D eigenvalue weighted by Crippen LogP contribution is 2.38. The van der Waals surface area contributed by atoms with Gasteiger partial charge in [-0.2, -0.15) is 4.31 Å². The second kappa shape index (κ2) is 7.48. The summed E-state index contributed by atoms with van der Waals surface area (Å²) in [6.07, 6.45) is 1.37. The minimum atomic E-state index is -3.80. The first kappa shape index (κ1) is 20.2. The van der Waals surface area contributed by atoms with E-state index in [1.165, 1.54) is 22.5 Å². The predicted molar refractivity (Wildman–Crippen MR) is 99.0 cm³/mol. The quantitative estimate of drug-likeness (QED) is 0.782. The summed E-state index contributed by atoms with van der Waals surface area (Å²) in [4.78, 5) is 14.2. The Kier molecular flexibility index (Phi) is 5.61. The zero-order chi connectivity index (χ0) is 19.8. The number of carbonyl (C=O) groups is 1. The summed E-state index contributed by atoms with van der Waals surface area (Å²) in [6.45, 7) is 7.08. The van der Waals surface area contributed by atoms with Crippen molar-refractivity contribution in [3.05, 3.63) is 29.6 Å². The van der Waals surface area contributed by atoms with E-state index >= 15 is 0 Å². The van der Waals surface area contributed by atoms with Gasteiger partial charge in [0.25, 0.3) is 0 Å². The summed E-state index contributed by atoms with van der Waals surface area (Å²) in [6, 6.07) is 3.84. The van der Waals surface area contributed by atoms with Crippen molar-refractivity contribution < 1.29 is 22.3 Å². The van der Waals surface area contributed by atoms with Crippen molar-refractivity contribution in [3.8, 4) is 0 Å². The Labute approximate surface area is 160 Å². The zero-order valence-corrected chi connectivity index (χ0v) is 16.9. The van der Waals surface area contributed by atoms with Crippen molar-refractivity contribution >= 4 is 15.9 Å².